The molecule has 8 rings (SSSR count). The number of benzene rings is 1. The van der Waals surface area contributed by atoms with Gasteiger partial charge < -0.3 is 24.4 Å². The van der Waals surface area contributed by atoms with Crippen LogP contribution in [0.2, 0.25) is 0 Å². The number of fused-ring (bicyclic) bond motifs is 5. The molecule has 0 saturated carbocycles. The van der Waals surface area contributed by atoms with E-state index < -0.39 is 29.7 Å². The first-order chi connectivity index (χ1) is 24.1. The van der Waals surface area contributed by atoms with E-state index in [1.165, 1.54) is 4.57 Å². The van der Waals surface area contributed by atoms with Gasteiger partial charge in [0.2, 0.25) is 11.8 Å². The molecule has 0 aliphatic carbocycles. The molecule has 4 amide bonds. The van der Waals surface area contributed by atoms with Crippen LogP contribution in [0.1, 0.15) is 53.3 Å². The van der Waals surface area contributed by atoms with Gasteiger partial charge in [0.05, 0.1) is 34.7 Å². The molecule has 3 saturated heterocycles. The fourth-order valence-electron chi connectivity index (χ4n) is 8.13. The van der Waals surface area contributed by atoms with E-state index in [1.54, 1.807) is 25.4 Å². The van der Waals surface area contributed by atoms with Gasteiger partial charge in [0, 0.05) is 62.4 Å². The Morgan fingerprint density at radius 1 is 0.980 bits per heavy atom. The van der Waals surface area contributed by atoms with Crippen molar-refractivity contribution in [2.24, 2.45) is 7.05 Å². The van der Waals surface area contributed by atoms with Gasteiger partial charge in [-0.15, -0.1) is 0 Å². The lowest BCUT2D eigenvalue weighted by Gasteiger charge is -2.50. The molecule has 0 radical (unpaired) electrons. The second-order valence-electron chi connectivity index (χ2n) is 13.7. The molecule has 1 unspecified atom stereocenters. The van der Waals surface area contributed by atoms with Crippen LogP contribution in [0.3, 0.4) is 0 Å². The number of pyridine rings is 2. The molecule has 2 aromatic heterocycles. The summed E-state index contributed by atoms with van der Waals surface area (Å²) in [4.78, 5) is 76.5. The van der Waals surface area contributed by atoms with Gasteiger partial charge in [-0.3, -0.25) is 39.1 Å². The largest absolute Gasteiger partial charge is 0.488 e. The SMILES string of the molecule is C[C@H]1CN([C@H]2CCN3c4ccc5c(c4OC[C@H]3C2)C(=O)N(C2CCC(=O)NC2=O)C5=O)CCN1c1ccc(Nc2cc(Br)cn(C)c2=O)nc1. The van der Waals surface area contributed by atoms with E-state index in [-0.39, 0.29) is 41.6 Å². The molecule has 15 heteroatoms. The fourth-order valence-corrected chi connectivity index (χ4v) is 8.67. The van der Waals surface area contributed by atoms with E-state index in [0.29, 0.717) is 29.9 Å². The molecule has 7 heterocycles. The molecule has 0 spiro atoms. The number of nitrogens with zero attached hydrogens (tertiary/aromatic N) is 6. The average Bonchev–Trinajstić information content (AvgIpc) is 3.36. The number of hydrogen-bond donors (Lipinski definition) is 2. The first-order valence-corrected chi connectivity index (χ1v) is 17.7. The number of carbonyl (C=O) groups excluding carboxylic acids is 4. The summed E-state index contributed by atoms with van der Waals surface area (Å²) in [5.41, 5.74) is 2.59. The number of piperidine rings is 2. The number of aryl methyl sites for hydroxylation is 1. The molecule has 0 bridgehead atoms. The van der Waals surface area contributed by atoms with Gasteiger partial charge in [-0.1, -0.05) is 0 Å². The zero-order valence-corrected chi connectivity index (χ0v) is 29.3. The minimum atomic E-state index is -1.02. The number of nitrogens with one attached hydrogen (secondary N) is 2. The Bertz CT molecular complexity index is 1980. The Kier molecular flexibility index (Phi) is 8.13. The zero-order valence-electron chi connectivity index (χ0n) is 27.7. The monoisotopic (exact) mass is 744 g/mol. The van der Waals surface area contributed by atoms with Crippen molar-refractivity contribution in [2.45, 2.75) is 56.8 Å². The molecule has 50 heavy (non-hydrogen) atoms. The number of amides is 4. The highest BCUT2D eigenvalue weighted by atomic mass is 79.9. The second kappa shape index (κ2) is 12.5. The summed E-state index contributed by atoms with van der Waals surface area (Å²) in [7, 11) is 1.71. The number of halogens is 1. The third-order valence-corrected chi connectivity index (χ3v) is 11.1. The van der Waals surface area contributed by atoms with Crippen LogP contribution < -0.4 is 30.7 Å². The lowest BCUT2D eigenvalue weighted by Crippen LogP contribution is -2.59. The molecule has 5 aliphatic heterocycles. The van der Waals surface area contributed by atoms with Crippen LogP contribution in [0, 0.1) is 0 Å². The maximum Gasteiger partial charge on any atom is 0.274 e. The summed E-state index contributed by atoms with van der Waals surface area (Å²) in [5, 5.41) is 5.38. The maximum atomic E-state index is 13.6. The molecule has 3 fully saturated rings. The number of anilines is 4. The van der Waals surface area contributed by atoms with Crippen LogP contribution in [0.15, 0.2) is 52.0 Å². The van der Waals surface area contributed by atoms with E-state index in [0.717, 1.165) is 59.8 Å². The van der Waals surface area contributed by atoms with Gasteiger partial charge in [-0.05, 0) is 72.4 Å². The van der Waals surface area contributed by atoms with E-state index in [4.69, 9.17) is 4.74 Å². The number of ether oxygens (including phenoxy) is 1. The van der Waals surface area contributed by atoms with Crippen LogP contribution in [0.4, 0.5) is 22.9 Å². The van der Waals surface area contributed by atoms with Gasteiger partial charge >= 0.3 is 0 Å². The first-order valence-electron chi connectivity index (χ1n) is 17.0. The summed E-state index contributed by atoms with van der Waals surface area (Å²) >= 11 is 3.44. The van der Waals surface area contributed by atoms with E-state index in [1.807, 2.05) is 24.4 Å². The van der Waals surface area contributed by atoms with Crippen molar-refractivity contribution in [1.29, 1.82) is 0 Å². The summed E-state index contributed by atoms with van der Waals surface area (Å²) < 4.78 is 8.59. The zero-order chi connectivity index (χ0) is 34.8. The Labute approximate surface area is 296 Å². The second-order valence-corrected chi connectivity index (χ2v) is 14.6. The number of rotatable bonds is 5. The van der Waals surface area contributed by atoms with Gasteiger partial charge in [0.25, 0.3) is 17.4 Å². The predicted octanol–water partition coefficient (Wildman–Crippen LogP) is 2.63. The van der Waals surface area contributed by atoms with E-state index >= 15 is 0 Å². The predicted molar refractivity (Wildman–Crippen MR) is 188 cm³/mol. The quantitative estimate of drug-likeness (QED) is 0.372. The number of hydrogen-bond acceptors (Lipinski definition) is 11. The summed E-state index contributed by atoms with van der Waals surface area (Å²) in [6, 6.07) is 8.96. The van der Waals surface area contributed by atoms with Gasteiger partial charge in [0.1, 0.15) is 24.2 Å². The summed E-state index contributed by atoms with van der Waals surface area (Å²) in [6.07, 6.45) is 5.62. The van der Waals surface area contributed by atoms with Gasteiger partial charge in [-0.2, -0.15) is 0 Å². The fraction of sp³-hybridized carbons (Fsp3) is 0.429. The Morgan fingerprint density at radius 2 is 1.82 bits per heavy atom. The molecule has 2 N–H and O–H groups in total. The number of carbonyl (C=O) groups is 4. The molecule has 5 aliphatic rings. The third kappa shape index (κ3) is 5.52. The van der Waals surface area contributed by atoms with Crippen molar-refractivity contribution in [3.63, 3.8) is 0 Å². The highest BCUT2D eigenvalue weighted by Crippen LogP contribution is 2.45. The van der Waals surface area contributed by atoms with Crippen molar-refractivity contribution in [3.8, 4) is 5.75 Å². The number of imide groups is 2. The summed E-state index contributed by atoms with van der Waals surface area (Å²) in [6.45, 7) is 6.09. The smallest absolute Gasteiger partial charge is 0.274 e. The van der Waals surface area contributed by atoms with Crippen LogP contribution >= 0.6 is 15.9 Å². The van der Waals surface area contributed by atoms with Gasteiger partial charge in [0.15, 0.2) is 5.75 Å². The highest BCUT2D eigenvalue weighted by Gasteiger charge is 2.48. The third-order valence-electron chi connectivity index (χ3n) is 10.6. The first kappa shape index (κ1) is 32.4. The van der Waals surface area contributed by atoms with Crippen molar-refractivity contribution >= 4 is 62.4 Å². The van der Waals surface area contributed by atoms with Crippen LogP contribution in [0.5, 0.6) is 5.75 Å². The van der Waals surface area contributed by atoms with Crippen LogP contribution in [-0.4, -0.2) is 99.9 Å². The minimum Gasteiger partial charge on any atom is -0.488 e. The van der Waals surface area contributed by atoms with Gasteiger partial charge in [-0.25, -0.2) is 4.98 Å². The van der Waals surface area contributed by atoms with E-state index in [9.17, 15) is 24.0 Å². The molecule has 3 aromatic rings. The molecule has 4 atom stereocenters. The van der Waals surface area contributed by atoms with E-state index in [2.05, 4.69) is 53.2 Å². The number of aromatic nitrogens is 2. The normalized spacial score (nSPS) is 25.1. The summed E-state index contributed by atoms with van der Waals surface area (Å²) in [5.74, 6) is -1.11. The van der Waals surface area contributed by atoms with Crippen molar-refractivity contribution < 1.29 is 23.9 Å². The average molecular weight is 746 g/mol. The molecular weight excluding hydrogens is 708 g/mol. The van der Waals surface area contributed by atoms with Crippen molar-refractivity contribution in [2.75, 3.05) is 47.9 Å². The molecule has 14 nitrogen and oxygen atoms in total. The lowest BCUT2D eigenvalue weighted by molar-refractivity contribution is -0.136. The Morgan fingerprint density at radius 3 is 2.58 bits per heavy atom. The lowest BCUT2D eigenvalue weighted by atomic mass is 9.92. The maximum absolute atomic E-state index is 13.6. The Balaban J connectivity index is 0.908. The van der Waals surface area contributed by atoms with Crippen molar-refractivity contribution in [3.05, 3.63) is 68.7 Å². The molecule has 1 aromatic carbocycles. The highest BCUT2D eigenvalue weighted by molar-refractivity contribution is 9.10. The van der Waals surface area contributed by atoms with Crippen LogP contribution in [0.25, 0.3) is 0 Å². The van der Waals surface area contributed by atoms with Crippen molar-refractivity contribution in [1.82, 2.24) is 24.7 Å². The van der Waals surface area contributed by atoms with Crippen LogP contribution in [-0.2, 0) is 16.6 Å². The molecular formula is C35H37BrN8O6. The molecule has 260 valence electrons. The standard InChI is InChI=1S/C35H37BrN8O6/c1-19-16-41(11-12-42(19)22-3-7-28(37-15-22)38-25-13-20(36)17-40(2)34(25)48)21-9-10-43-23(14-21)18-50-31-26(43)5-4-24-30(31)35(49)44(33(24)47)27-6-8-29(45)39-32(27)46/h3-5,7,13,15,17,19,21,23,27H,6,8-12,14,16,18H2,1-2H3,(H,37,38)(H,39,45,46)/t19-,21-,23+,27?/m0/s1. The minimum absolute atomic E-state index is 0.0723. The number of piperazine rings is 1. The Hall–Kier alpha value is -4.76. The topological polar surface area (TPSA) is 149 Å².